The first-order valence-corrected chi connectivity index (χ1v) is 11.9. The smallest absolute Gasteiger partial charge is 0.254 e. The maximum absolute atomic E-state index is 13.3. The van der Waals surface area contributed by atoms with E-state index in [1.807, 2.05) is 29.2 Å². The number of nitrogens with one attached hydrogen (secondary N) is 1. The Morgan fingerprint density at radius 3 is 2.71 bits per heavy atom. The molecule has 2 aliphatic rings. The molecule has 6 heteroatoms. The van der Waals surface area contributed by atoms with E-state index in [0.717, 1.165) is 30.3 Å². The van der Waals surface area contributed by atoms with E-state index in [0.29, 0.717) is 22.7 Å². The highest BCUT2D eigenvalue weighted by Crippen LogP contribution is 2.37. The van der Waals surface area contributed by atoms with E-state index in [1.165, 1.54) is 37.4 Å². The number of piperidine rings is 1. The molecule has 5 nitrogen and oxygen atoms in total. The number of rotatable bonds is 5. The molecule has 2 amide bonds. The van der Waals surface area contributed by atoms with Crippen LogP contribution in [0.4, 0.5) is 5.69 Å². The van der Waals surface area contributed by atoms with Crippen LogP contribution in [0.15, 0.2) is 53.4 Å². The molecule has 4 rings (SSSR count). The van der Waals surface area contributed by atoms with Crippen molar-refractivity contribution in [3.63, 3.8) is 0 Å². The minimum Gasteiger partial charge on any atom is -0.338 e. The number of benzene rings is 2. The van der Waals surface area contributed by atoms with Gasteiger partial charge in [-0.2, -0.15) is 5.26 Å². The Labute approximate surface area is 187 Å². The van der Waals surface area contributed by atoms with Gasteiger partial charge in [-0.3, -0.25) is 9.59 Å². The van der Waals surface area contributed by atoms with Gasteiger partial charge in [0.2, 0.25) is 5.91 Å². The molecule has 0 radical (unpaired) electrons. The second kappa shape index (κ2) is 10.0. The first-order valence-electron chi connectivity index (χ1n) is 10.9. The minimum absolute atomic E-state index is 0.0780. The third-order valence-electron chi connectivity index (χ3n) is 6.33. The maximum Gasteiger partial charge on any atom is 0.254 e. The van der Waals surface area contributed by atoms with Crippen molar-refractivity contribution in [2.24, 2.45) is 11.8 Å². The molecule has 1 saturated carbocycles. The van der Waals surface area contributed by atoms with Gasteiger partial charge in [0.25, 0.3) is 5.91 Å². The molecule has 0 spiro atoms. The van der Waals surface area contributed by atoms with Crippen LogP contribution in [0.3, 0.4) is 0 Å². The average Bonchev–Trinajstić information content (AvgIpc) is 2.82. The van der Waals surface area contributed by atoms with Gasteiger partial charge in [-0.1, -0.05) is 37.5 Å². The summed E-state index contributed by atoms with van der Waals surface area (Å²) in [6, 6.07) is 16.5. The van der Waals surface area contributed by atoms with Gasteiger partial charge >= 0.3 is 0 Å². The van der Waals surface area contributed by atoms with E-state index in [1.54, 1.807) is 24.3 Å². The standard InChI is InChI=1S/C25H27N3O2S/c26-15-18-6-5-9-21(14-18)27-24(29)17-31-23-11-4-3-10-22(23)25(30)28-13-12-19-7-1-2-8-20(19)16-28/h3-6,9-11,14,19-20H,1-2,7-8,12-13,16-17H2,(H,27,29)/t19-,20+/m1/s1. The van der Waals surface area contributed by atoms with Crippen LogP contribution >= 0.6 is 11.8 Å². The fraction of sp³-hybridized carbons (Fsp3) is 0.400. The number of anilines is 1. The summed E-state index contributed by atoms with van der Waals surface area (Å²) in [7, 11) is 0. The van der Waals surface area contributed by atoms with Gasteiger partial charge in [-0.15, -0.1) is 11.8 Å². The largest absolute Gasteiger partial charge is 0.338 e. The van der Waals surface area contributed by atoms with Gasteiger partial charge in [0.1, 0.15) is 0 Å². The van der Waals surface area contributed by atoms with E-state index < -0.39 is 0 Å². The summed E-state index contributed by atoms with van der Waals surface area (Å²) in [5, 5.41) is 11.8. The van der Waals surface area contributed by atoms with Gasteiger partial charge in [-0.05, 0) is 55.0 Å². The van der Waals surface area contributed by atoms with Crippen LogP contribution in [-0.2, 0) is 4.79 Å². The summed E-state index contributed by atoms with van der Waals surface area (Å²) in [5.41, 5.74) is 1.79. The van der Waals surface area contributed by atoms with Gasteiger partial charge in [-0.25, -0.2) is 0 Å². The van der Waals surface area contributed by atoms with Crippen LogP contribution in [0.25, 0.3) is 0 Å². The van der Waals surface area contributed by atoms with E-state index in [9.17, 15) is 9.59 Å². The summed E-state index contributed by atoms with van der Waals surface area (Å²) in [5.74, 6) is 1.54. The number of hydrogen-bond acceptors (Lipinski definition) is 4. The lowest BCUT2D eigenvalue weighted by Gasteiger charge is -2.41. The van der Waals surface area contributed by atoms with Crippen molar-refractivity contribution in [3.8, 4) is 6.07 Å². The number of thioether (sulfide) groups is 1. The van der Waals surface area contributed by atoms with Gasteiger partial charge < -0.3 is 10.2 Å². The molecule has 0 aromatic heterocycles. The summed E-state index contributed by atoms with van der Waals surface area (Å²) < 4.78 is 0. The Hall–Kier alpha value is -2.78. The molecule has 31 heavy (non-hydrogen) atoms. The minimum atomic E-state index is -0.162. The molecular weight excluding hydrogens is 406 g/mol. The molecule has 2 fully saturated rings. The van der Waals surface area contributed by atoms with Crippen LogP contribution in [0.1, 0.15) is 48.0 Å². The Morgan fingerprint density at radius 2 is 1.87 bits per heavy atom. The summed E-state index contributed by atoms with van der Waals surface area (Å²) in [6.07, 6.45) is 6.26. The Kier molecular flexibility index (Phi) is 6.93. The number of amides is 2. The number of carbonyl (C=O) groups is 2. The van der Waals surface area contributed by atoms with E-state index in [2.05, 4.69) is 11.4 Å². The highest BCUT2D eigenvalue weighted by Gasteiger charge is 2.33. The third-order valence-corrected chi connectivity index (χ3v) is 7.40. The molecule has 1 aliphatic carbocycles. The van der Waals surface area contributed by atoms with Crippen LogP contribution < -0.4 is 5.32 Å². The number of nitriles is 1. The molecule has 2 aromatic carbocycles. The van der Waals surface area contributed by atoms with Crippen LogP contribution in [0, 0.1) is 23.2 Å². The Morgan fingerprint density at radius 1 is 1.06 bits per heavy atom. The van der Waals surface area contributed by atoms with Crippen molar-refractivity contribution < 1.29 is 9.59 Å². The number of fused-ring (bicyclic) bond motifs is 1. The zero-order valence-corrected chi connectivity index (χ0v) is 18.4. The molecule has 160 valence electrons. The number of carbonyl (C=O) groups excluding carboxylic acids is 2. The van der Waals surface area contributed by atoms with Crippen LogP contribution in [0.2, 0.25) is 0 Å². The first kappa shape index (κ1) is 21.5. The van der Waals surface area contributed by atoms with E-state index in [-0.39, 0.29) is 17.6 Å². The van der Waals surface area contributed by atoms with Crippen molar-refractivity contribution in [1.29, 1.82) is 5.26 Å². The maximum atomic E-state index is 13.3. The Balaban J connectivity index is 1.38. The second-order valence-electron chi connectivity index (χ2n) is 8.37. The summed E-state index contributed by atoms with van der Waals surface area (Å²) in [6.45, 7) is 1.69. The number of nitrogens with zero attached hydrogens (tertiary/aromatic N) is 2. The molecule has 1 aliphatic heterocycles. The zero-order valence-electron chi connectivity index (χ0n) is 17.5. The Bertz CT molecular complexity index is 1000. The van der Waals surface area contributed by atoms with Crippen molar-refractivity contribution in [2.75, 3.05) is 24.2 Å². The first-order chi connectivity index (χ1) is 15.1. The molecule has 0 bridgehead atoms. The lowest BCUT2D eigenvalue weighted by atomic mass is 9.75. The third kappa shape index (κ3) is 5.29. The summed E-state index contributed by atoms with van der Waals surface area (Å²) >= 11 is 1.37. The highest BCUT2D eigenvalue weighted by molar-refractivity contribution is 8.00. The van der Waals surface area contributed by atoms with Crippen molar-refractivity contribution >= 4 is 29.3 Å². The quantitative estimate of drug-likeness (QED) is 0.678. The van der Waals surface area contributed by atoms with Crippen molar-refractivity contribution in [3.05, 3.63) is 59.7 Å². The average molecular weight is 434 g/mol. The van der Waals surface area contributed by atoms with Crippen LogP contribution in [0.5, 0.6) is 0 Å². The van der Waals surface area contributed by atoms with Crippen molar-refractivity contribution in [2.45, 2.75) is 37.0 Å². The van der Waals surface area contributed by atoms with Crippen LogP contribution in [-0.4, -0.2) is 35.6 Å². The number of hydrogen-bond donors (Lipinski definition) is 1. The monoisotopic (exact) mass is 433 g/mol. The molecule has 2 atom stereocenters. The van der Waals surface area contributed by atoms with Gasteiger partial charge in [0.05, 0.1) is 22.9 Å². The topological polar surface area (TPSA) is 73.2 Å². The normalized spacial score (nSPS) is 20.4. The predicted molar refractivity (Wildman–Crippen MR) is 123 cm³/mol. The van der Waals surface area contributed by atoms with Gasteiger partial charge in [0.15, 0.2) is 0 Å². The summed E-state index contributed by atoms with van der Waals surface area (Å²) in [4.78, 5) is 28.5. The lowest BCUT2D eigenvalue weighted by Crippen LogP contribution is -2.44. The SMILES string of the molecule is N#Cc1cccc(NC(=O)CSc2ccccc2C(=O)N2CC[C@H]3CCCC[C@H]3C2)c1. The lowest BCUT2D eigenvalue weighted by molar-refractivity contribution is -0.113. The molecule has 1 N–H and O–H groups in total. The second-order valence-corrected chi connectivity index (χ2v) is 9.39. The van der Waals surface area contributed by atoms with E-state index in [4.69, 9.17) is 5.26 Å². The molecule has 0 unspecified atom stereocenters. The molecule has 1 saturated heterocycles. The van der Waals surface area contributed by atoms with E-state index >= 15 is 0 Å². The fourth-order valence-corrected chi connectivity index (χ4v) is 5.58. The highest BCUT2D eigenvalue weighted by atomic mass is 32.2. The fourth-order valence-electron chi connectivity index (χ4n) is 4.73. The molecular formula is C25H27N3O2S. The zero-order chi connectivity index (χ0) is 21.6. The number of likely N-dealkylation sites (tertiary alicyclic amines) is 1. The predicted octanol–water partition coefficient (Wildman–Crippen LogP) is 4.94. The van der Waals surface area contributed by atoms with Crippen molar-refractivity contribution in [1.82, 2.24) is 4.90 Å². The molecule has 2 aromatic rings. The van der Waals surface area contributed by atoms with Gasteiger partial charge in [0, 0.05) is 23.7 Å². The molecule has 1 heterocycles.